The maximum absolute atomic E-state index is 12.8. The molecule has 0 amide bonds. The van der Waals surface area contributed by atoms with E-state index in [1.165, 1.54) is 25.0 Å². The number of alkyl halides is 1. The van der Waals surface area contributed by atoms with Crippen molar-refractivity contribution in [3.8, 4) is 0 Å². The van der Waals surface area contributed by atoms with E-state index in [4.69, 9.17) is 0 Å². The Morgan fingerprint density at radius 3 is 2.74 bits per heavy atom. The average molecular weight is 268 g/mol. The highest BCUT2D eigenvalue weighted by Gasteiger charge is 2.21. The predicted octanol–water partition coefficient (Wildman–Crippen LogP) is 2.74. The highest BCUT2D eigenvalue weighted by atomic mass is 19.1. The number of halogens is 2. The standard InChI is InChI=1S/C15H22F2N2/c16-9-10-18-15-3-1-2-11-19(15)12-8-13-4-6-14(17)7-5-13/h4-7,15,18H,1-3,8-12H2. The van der Waals surface area contributed by atoms with Gasteiger partial charge in [0.25, 0.3) is 0 Å². The van der Waals surface area contributed by atoms with Gasteiger partial charge in [0.15, 0.2) is 0 Å². The first-order valence-electron chi connectivity index (χ1n) is 7.07. The number of hydrogen-bond donors (Lipinski definition) is 1. The zero-order valence-electron chi connectivity index (χ0n) is 11.2. The smallest absolute Gasteiger partial charge is 0.123 e. The summed E-state index contributed by atoms with van der Waals surface area (Å²) in [6, 6.07) is 6.68. The van der Waals surface area contributed by atoms with Crippen LogP contribution in [0.3, 0.4) is 0 Å². The number of benzene rings is 1. The summed E-state index contributed by atoms with van der Waals surface area (Å²) in [7, 11) is 0. The van der Waals surface area contributed by atoms with Crippen LogP contribution in [-0.4, -0.2) is 37.4 Å². The third-order valence-corrected chi connectivity index (χ3v) is 3.69. The lowest BCUT2D eigenvalue weighted by Crippen LogP contribution is -2.49. The van der Waals surface area contributed by atoms with E-state index >= 15 is 0 Å². The van der Waals surface area contributed by atoms with Gasteiger partial charge in [0.2, 0.25) is 0 Å². The van der Waals surface area contributed by atoms with Crippen LogP contribution in [0.1, 0.15) is 24.8 Å². The number of nitrogens with one attached hydrogen (secondary N) is 1. The van der Waals surface area contributed by atoms with E-state index in [-0.39, 0.29) is 12.5 Å². The molecule has 0 spiro atoms. The van der Waals surface area contributed by atoms with Gasteiger partial charge in [-0.1, -0.05) is 12.1 Å². The number of piperidine rings is 1. The van der Waals surface area contributed by atoms with Gasteiger partial charge in [0, 0.05) is 13.1 Å². The van der Waals surface area contributed by atoms with E-state index < -0.39 is 0 Å². The Hall–Kier alpha value is -1.00. The lowest BCUT2D eigenvalue weighted by atomic mass is 10.1. The van der Waals surface area contributed by atoms with E-state index in [9.17, 15) is 8.78 Å². The second-order valence-corrected chi connectivity index (χ2v) is 5.07. The fourth-order valence-corrected chi connectivity index (χ4v) is 2.63. The largest absolute Gasteiger partial charge is 0.299 e. The molecule has 1 aliphatic heterocycles. The van der Waals surface area contributed by atoms with E-state index in [0.29, 0.717) is 12.7 Å². The quantitative estimate of drug-likeness (QED) is 0.853. The zero-order chi connectivity index (χ0) is 13.5. The molecule has 1 saturated heterocycles. The Labute approximate surface area is 113 Å². The maximum Gasteiger partial charge on any atom is 0.123 e. The lowest BCUT2D eigenvalue weighted by Gasteiger charge is -2.36. The molecule has 106 valence electrons. The molecule has 1 heterocycles. The number of hydrogen-bond acceptors (Lipinski definition) is 2. The van der Waals surface area contributed by atoms with Gasteiger partial charge in [-0.25, -0.2) is 8.78 Å². The molecule has 0 aromatic heterocycles. The van der Waals surface area contributed by atoms with Crippen molar-refractivity contribution in [3.05, 3.63) is 35.6 Å². The van der Waals surface area contributed by atoms with Crippen LogP contribution < -0.4 is 5.32 Å². The fraction of sp³-hybridized carbons (Fsp3) is 0.600. The van der Waals surface area contributed by atoms with Gasteiger partial charge < -0.3 is 0 Å². The van der Waals surface area contributed by atoms with Crippen molar-refractivity contribution in [2.24, 2.45) is 0 Å². The van der Waals surface area contributed by atoms with Gasteiger partial charge in [-0.05, 0) is 49.9 Å². The highest BCUT2D eigenvalue weighted by molar-refractivity contribution is 5.16. The summed E-state index contributed by atoms with van der Waals surface area (Å²) in [5, 5.41) is 3.26. The highest BCUT2D eigenvalue weighted by Crippen LogP contribution is 2.15. The first-order chi connectivity index (χ1) is 9.29. The number of nitrogens with zero attached hydrogens (tertiary/aromatic N) is 1. The Balaban J connectivity index is 1.83. The topological polar surface area (TPSA) is 15.3 Å². The molecule has 2 rings (SSSR count). The number of likely N-dealkylation sites (tertiary alicyclic amines) is 1. The van der Waals surface area contributed by atoms with E-state index in [2.05, 4.69) is 10.2 Å². The minimum absolute atomic E-state index is 0.191. The monoisotopic (exact) mass is 268 g/mol. The van der Waals surface area contributed by atoms with Crippen LogP contribution in [0.4, 0.5) is 8.78 Å². The molecule has 0 radical (unpaired) electrons. The summed E-state index contributed by atoms with van der Waals surface area (Å²) < 4.78 is 25.1. The minimum Gasteiger partial charge on any atom is -0.299 e. The SMILES string of the molecule is FCCNC1CCCCN1CCc1ccc(F)cc1. The molecule has 4 heteroatoms. The fourth-order valence-electron chi connectivity index (χ4n) is 2.63. The van der Waals surface area contributed by atoms with Crippen molar-refractivity contribution in [1.29, 1.82) is 0 Å². The first kappa shape index (κ1) is 14.4. The molecule has 0 aliphatic carbocycles. The lowest BCUT2D eigenvalue weighted by molar-refractivity contribution is 0.120. The Morgan fingerprint density at radius 2 is 2.00 bits per heavy atom. The van der Waals surface area contributed by atoms with Crippen molar-refractivity contribution >= 4 is 0 Å². The Kier molecular flexibility index (Phi) is 5.73. The average Bonchev–Trinajstić information content (AvgIpc) is 2.45. The predicted molar refractivity (Wildman–Crippen MR) is 73.3 cm³/mol. The van der Waals surface area contributed by atoms with Crippen molar-refractivity contribution in [3.63, 3.8) is 0 Å². The maximum atomic E-state index is 12.8. The normalized spacial score (nSPS) is 20.6. The van der Waals surface area contributed by atoms with Crippen LogP contribution in [0.15, 0.2) is 24.3 Å². The van der Waals surface area contributed by atoms with Crippen molar-refractivity contribution in [2.75, 3.05) is 26.3 Å². The second-order valence-electron chi connectivity index (χ2n) is 5.07. The Bertz CT molecular complexity index is 367. The Morgan fingerprint density at radius 1 is 1.21 bits per heavy atom. The van der Waals surface area contributed by atoms with Crippen molar-refractivity contribution in [2.45, 2.75) is 31.8 Å². The zero-order valence-corrected chi connectivity index (χ0v) is 11.2. The van der Waals surface area contributed by atoms with Crippen molar-refractivity contribution in [1.82, 2.24) is 10.2 Å². The molecule has 0 saturated carbocycles. The van der Waals surface area contributed by atoms with Gasteiger partial charge in [0.1, 0.15) is 12.5 Å². The van der Waals surface area contributed by atoms with Crippen LogP contribution in [0, 0.1) is 5.82 Å². The van der Waals surface area contributed by atoms with Crippen LogP contribution in [0.2, 0.25) is 0 Å². The number of rotatable bonds is 6. The van der Waals surface area contributed by atoms with Gasteiger partial charge >= 0.3 is 0 Å². The van der Waals surface area contributed by atoms with E-state index in [1.807, 2.05) is 12.1 Å². The summed E-state index contributed by atoms with van der Waals surface area (Å²) >= 11 is 0. The summed E-state index contributed by atoms with van der Waals surface area (Å²) in [5.41, 5.74) is 1.15. The van der Waals surface area contributed by atoms with Gasteiger partial charge in [-0.2, -0.15) is 0 Å². The third kappa shape index (κ3) is 4.55. The van der Waals surface area contributed by atoms with E-state index in [0.717, 1.165) is 31.5 Å². The molecule has 1 atom stereocenters. The van der Waals surface area contributed by atoms with Gasteiger partial charge in [-0.15, -0.1) is 0 Å². The van der Waals surface area contributed by atoms with Crippen molar-refractivity contribution < 1.29 is 8.78 Å². The molecular formula is C15H22F2N2. The third-order valence-electron chi connectivity index (χ3n) is 3.69. The summed E-state index contributed by atoms with van der Waals surface area (Å²) in [4.78, 5) is 2.38. The van der Waals surface area contributed by atoms with E-state index in [1.54, 1.807) is 0 Å². The molecule has 19 heavy (non-hydrogen) atoms. The van der Waals surface area contributed by atoms with Gasteiger partial charge in [-0.3, -0.25) is 10.2 Å². The summed E-state index contributed by atoms with van der Waals surface area (Å²) in [5.74, 6) is -0.191. The van der Waals surface area contributed by atoms with Crippen LogP contribution in [0.25, 0.3) is 0 Å². The molecule has 1 unspecified atom stereocenters. The molecule has 1 aliphatic rings. The molecule has 1 N–H and O–H groups in total. The van der Waals surface area contributed by atoms with Crippen LogP contribution in [0.5, 0.6) is 0 Å². The summed E-state index contributed by atoms with van der Waals surface area (Å²) in [6.07, 6.45) is 4.70. The first-order valence-corrected chi connectivity index (χ1v) is 7.07. The molecular weight excluding hydrogens is 246 g/mol. The van der Waals surface area contributed by atoms with Gasteiger partial charge in [0.05, 0.1) is 6.17 Å². The molecule has 1 fully saturated rings. The summed E-state index contributed by atoms with van der Waals surface area (Å²) in [6.45, 7) is 2.11. The molecule has 0 bridgehead atoms. The minimum atomic E-state index is -0.317. The molecule has 1 aromatic rings. The second kappa shape index (κ2) is 7.56. The van der Waals surface area contributed by atoms with Crippen LogP contribution >= 0.6 is 0 Å². The van der Waals surface area contributed by atoms with Crippen LogP contribution in [-0.2, 0) is 6.42 Å². The molecule has 1 aromatic carbocycles. The molecule has 2 nitrogen and oxygen atoms in total.